The van der Waals surface area contributed by atoms with Crippen molar-refractivity contribution < 1.29 is 28.7 Å². The normalized spacial score (nSPS) is 10.4. The molecule has 0 aliphatic rings. The van der Waals surface area contributed by atoms with Gasteiger partial charge in [0.1, 0.15) is 12.8 Å². The van der Waals surface area contributed by atoms with Crippen LogP contribution in [0.3, 0.4) is 0 Å². The molecule has 0 aliphatic carbocycles. The largest absolute Gasteiger partial charge is 0.469 e. The van der Waals surface area contributed by atoms with Crippen molar-refractivity contribution in [2.45, 2.75) is 44.9 Å². The maximum absolute atomic E-state index is 12.0. The first kappa shape index (κ1) is 20.6. The molecule has 0 rings (SSSR count). The maximum Gasteiger partial charge on any atom is 0.313 e. The van der Waals surface area contributed by atoms with Crippen molar-refractivity contribution >= 4 is 35.1 Å². The number of unbranched alkanes of at least 4 members (excludes halogenated alkanes) is 3. The summed E-state index contributed by atoms with van der Waals surface area (Å²) in [5.74, 6) is -2.80. The molecule has 0 N–H and O–H groups in total. The third-order valence-electron chi connectivity index (χ3n) is 3.25. The molecular weight excluding hydrogens is 312 g/mol. The van der Waals surface area contributed by atoms with Gasteiger partial charge in [-0.05, 0) is 12.8 Å². The average Bonchev–Trinajstić information content (AvgIpc) is 2.49. The van der Waals surface area contributed by atoms with Gasteiger partial charge in [0.15, 0.2) is 11.6 Å². The molecule has 22 heavy (non-hydrogen) atoms. The summed E-state index contributed by atoms with van der Waals surface area (Å²) in [6.45, 7) is 0. The molecule has 6 nitrogen and oxygen atoms in total. The van der Waals surface area contributed by atoms with Crippen LogP contribution in [0.2, 0.25) is 0 Å². The molecule has 0 bridgehead atoms. The molecule has 0 aliphatic heterocycles. The summed E-state index contributed by atoms with van der Waals surface area (Å²) < 4.78 is 8.87. The monoisotopic (exact) mass is 334 g/mol. The van der Waals surface area contributed by atoms with E-state index < -0.39 is 42.3 Å². The second kappa shape index (κ2) is 12.1. The zero-order valence-electron chi connectivity index (χ0n) is 13.1. The molecule has 0 radical (unpaired) electrons. The van der Waals surface area contributed by atoms with Crippen molar-refractivity contribution in [1.82, 2.24) is 0 Å². The molecule has 126 valence electrons. The van der Waals surface area contributed by atoms with Crippen LogP contribution in [0.15, 0.2) is 0 Å². The van der Waals surface area contributed by atoms with E-state index in [2.05, 4.69) is 9.47 Å². The lowest BCUT2D eigenvalue weighted by atomic mass is 9.89. The van der Waals surface area contributed by atoms with Gasteiger partial charge in [-0.15, -0.1) is 11.6 Å². The predicted octanol–water partition coefficient (Wildman–Crippen LogP) is 2.06. The number of carbonyl (C=O) groups is 4. The van der Waals surface area contributed by atoms with Gasteiger partial charge in [-0.1, -0.05) is 19.3 Å². The fourth-order valence-corrected chi connectivity index (χ4v) is 2.16. The van der Waals surface area contributed by atoms with Crippen molar-refractivity contribution in [3.63, 3.8) is 0 Å². The molecule has 0 spiro atoms. The fourth-order valence-electron chi connectivity index (χ4n) is 1.97. The third kappa shape index (κ3) is 8.77. The van der Waals surface area contributed by atoms with Gasteiger partial charge in [-0.2, -0.15) is 0 Å². The molecule has 0 fully saturated rings. The molecule has 0 saturated heterocycles. The van der Waals surface area contributed by atoms with Gasteiger partial charge >= 0.3 is 11.9 Å². The van der Waals surface area contributed by atoms with E-state index in [0.717, 1.165) is 19.3 Å². The van der Waals surface area contributed by atoms with Gasteiger partial charge in [0.2, 0.25) is 0 Å². The molecule has 0 unspecified atom stereocenters. The van der Waals surface area contributed by atoms with E-state index in [0.29, 0.717) is 18.7 Å². The summed E-state index contributed by atoms with van der Waals surface area (Å²) >= 11 is 5.58. The summed E-state index contributed by atoms with van der Waals surface area (Å²) in [7, 11) is 2.35. The van der Waals surface area contributed by atoms with Gasteiger partial charge < -0.3 is 9.47 Å². The number of rotatable bonds is 12. The van der Waals surface area contributed by atoms with Crippen LogP contribution in [0.5, 0.6) is 0 Å². The third-order valence-corrected chi connectivity index (χ3v) is 3.51. The van der Waals surface area contributed by atoms with Crippen molar-refractivity contribution in [3.05, 3.63) is 0 Å². The number of ketones is 2. The van der Waals surface area contributed by atoms with Crippen molar-refractivity contribution in [3.8, 4) is 0 Å². The van der Waals surface area contributed by atoms with Crippen LogP contribution in [0.4, 0.5) is 0 Å². The summed E-state index contributed by atoms with van der Waals surface area (Å²) in [6.07, 6.45) is 2.66. The molecule has 0 aromatic rings. The van der Waals surface area contributed by atoms with E-state index in [1.54, 1.807) is 0 Å². The molecule has 0 heterocycles. The van der Waals surface area contributed by atoms with Crippen LogP contribution >= 0.6 is 11.6 Å². The minimum absolute atomic E-state index is 0.313. The van der Waals surface area contributed by atoms with E-state index >= 15 is 0 Å². The second-order valence-corrected chi connectivity index (χ2v) is 5.26. The Morgan fingerprint density at radius 2 is 1.27 bits per heavy atom. The van der Waals surface area contributed by atoms with E-state index in [1.165, 1.54) is 14.2 Å². The number of hydrogen-bond acceptors (Lipinski definition) is 6. The van der Waals surface area contributed by atoms with E-state index in [1.807, 2.05) is 0 Å². The highest BCUT2D eigenvalue weighted by atomic mass is 35.5. The minimum Gasteiger partial charge on any atom is -0.469 e. The summed E-state index contributed by atoms with van der Waals surface area (Å²) in [5, 5.41) is 0. The Hall–Kier alpha value is -1.43. The van der Waals surface area contributed by atoms with Gasteiger partial charge in [0.05, 0.1) is 20.1 Å². The lowest BCUT2D eigenvalue weighted by molar-refractivity contribution is -0.146. The minimum atomic E-state index is -0.964. The first-order valence-electron chi connectivity index (χ1n) is 7.21. The highest BCUT2D eigenvalue weighted by Gasteiger charge is 2.29. The SMILES string of the molecule is COC(=O)CC(=O)C(CCCCCCCl)C(=O)CC(=O)OC. The van der Waals surface area contributed by atoms with Crippen LogP contribution in [-0.4, -0.2) is 43.6 Å². The predicted molar refractivity (Wildman–Crippen MR) is 80.6 cm³/mol. The number of halogens is 1. The highest BCUT2D eigenvalue weighted by Crippen LogP contribution is 2.17. The number of ether oxygens (including phenoxy) is 2. The molecule has 7 heteroatoms. The smallest absolute Gasteiger partial charge is 0.313 e. The van der Waals surface area contributed by atoms with Crippen LogP contribution in [0.1, 0.15) is 44.9 Å². The van der Waals surface area contributed by atoms with Crippen LogP contribution in [0.25, 0.3) is 0 Å². The van der Waals surface area contributed by atoms with Crippen molar-refractivity contribution in [2.75, 3.05) is 20.1 Å². The van der Waals surface area contributed by atoms with Crippen molar-refractivity contribution in [2.24, 2.45) is 5.92 Å². The Balaban J connectivity index is 4.60. The first-order valence-corrected chi connectivity index (χ1v) is 7.74. The van der Waals surface area contributed by atoms with E-state index in [9.17, 15) is 19.2 Å². The number of Topliss-reactive ketones (excluding diaryl/α,β-unsaturated/α-hetero) is 2. The van der Waals surface area contributed by atoms with Crippen LogP contribution in [0, 0.1) is 5.92 Å². The number of alkyl halides is 1. The summed E-state index contributed by atoms with van der Waals surface area (Å²) in [4.78, 5) is 46.5. The Morgan fingerprint density at radius 3 is 1.68 bits per heavy atom. The summed E-state index contributed by atoms with van der Waals surface area (Å²) in [6, 6.07) is 0. The number of methoxy groups -OCH3 is 2. The molecule has 0 amide bonds. The zero-order chi connectivity index (χ0) is 17.0. The highest BCUT2D eigenvalue weighted by molar-refractivity contribution is 6.17. The number of hydrogen-bond donors (Lipinski definition) is 0. The topological polar surface area (TPSA) is 86.7 Å². The average molecular weight is 335 g/mol. The standard InChI is InChI=1S/C15H23ClO6/c1-21-14(19)9-12(17)11(7-5-3-4-6-8-16)13(18)10-15(20)22-2/h11H,3-10H2,1-2H3. The second-order valence-electron chi connectivity index (χ2n) is 4.88. The van der Waals surface area contributed by atoms with Gasteiger partial charge in [0, 0.05) is 5.88 Å². The van der Waals surface area contributed by atoms with Gasteiger partial charge in [-0.3, -0.25) is 19.2 Å². The molecule has 0 saturated carbocycles. The number of esters is 2. The maximum atomic E-state index is 12.0. The van der Waals surface area contributed by atoms with Gasteiger partial charge in [0.25, 0.3) is 0 Å². The Kier molecular flexibility index (Phi) is 11.4. The Morgan fingerprint density at radius 1 is 0.818 bits per heavy atom. The molecule has 0 aromatic heterocycles. The Labute approximate surface area is 135 Å². The van der Waals surface area contributed by atoms with Crippen LogP contribution < -0.4 is 0 Å². The molecular formula is C15H23ClO6. The van der Waals surface area contributed by atoms with Crippen molar-refractivity contribution in [1.29, 1.82) is 0 Å². The van der Waals surface area contributed by atoms with E-state index in [-0.39, 0.29) is 0 Å². The van der Waals surface area contributed by atoms with Crippen LogP contribution in [-0.2, 0) is 28.7 Å². The quantitative estimate of drug-likeness (QED) is 0.235. The zero-order valence-corrected chi connectivity index (χ0v) is 13.8. The summed E-state index contributed by atoms with van der Waals surface area (Å²) in [5.41, 5.74) is 0. The molecule has 0 aromatic carbocycles. The van der Waals surface area contributed by atoms with E-state index in [4.69, 9.17) is 11.6 Å². The lowest BCUT2D eigenvalue weighted by Gasteiger charge is -2.13. The number of carbonyl (C=O) groups excluding carboxylic acids is 4. The first-order chi connectivity index (χ1) is 10.5. The molecule has 0 atom stereocenters. The lowest BCUT2D eigenvalue weighted by Crippen LogP contribution is -2.28. The fraction of sp³-hybridized carbons (Fsp3) is 0.733. The van der Waals surface area contributed by atoms with Gasteiger partial charge in [-0.25, -0.2) is 0 Å². The Bertz CT molecular complexity index is 363.